The molecule has 224 valence electrons. The van der Waals surface area contributed by atoms with Gasteiger partial charge in [-0.1, -0.05) is 54.1 Å². The molecule has 1 aliphatic heterocycles. The zero-order chi connectivity index (χ0) is 30.1. The van der Waals surface area contributed by atoms with Crippen molar-refractivity contribution < 1.29 is 27.5 Å². The number of halogens is 1. The van der Waals surface area contributed by atoms with Gasteiger partial charge in [-0.25, -0.2) is 8.42 Å². The number of nitrogens with one attached hydrogen (secondary N) is 1. The Kier molecular flexibility index (Phi) is 10.7. The summed E-state index contributed by atoms with van der Waals surface area (Å²) in [6.45, 7) is 3.30. The van der Waals surface area contributed by atoms with Crippen LogP contribution in [0.2, 0.25) is 5.02 Å². The molecule has 4 rings (SSSR count). The zero-order valence-corrected chi connectivity index (χ0v) is 25.4. The maximum atomic E-state index is 13.8. The Morgan fingerprint density at radius 3 is 2.36 bits per heavy atom. The van der Waals surface area contributed by atoms with E-state index in [1.54, 1.807) is 41.3 Å². The second kappa shape index (κ2) is 14.4. The first-order valence-corrected chi connectivity index (χ1v) is 16.1. The quantitative estimate of drug-likeness (QED) is 0.306. The number of sulfonamides is 1. The van der Waals surface area contributed by atoms with Crippen LogP contribution in [-0.4, -0.2) is 63.7 Å². The molecule has 9 nitrogen and oxygen atoms in total. The summed E-state index contributed by atoms with van der Waals surface area (Å²) >= 11 is 6.23. The molecule has 42 heavy (non-hydrogen) atoms. The molecule has 0 aromatic heterocycles. The van der Waals surface area contributed by atoms with Crippen molar-refractivity contribution in [2.45, 2.75) is 38.8 Å². The topological polar surface area (TPSA) is 105 Å². The van der Waals surface area contributed by atoms with E-state index in [2.05, 4.69) is 5.32 Å². The lowest BCUT2D eigenvalue weighted by atomic mass is 10.0. The molecule has 11 heteroatoms. The van der Waals surface area contributed by atoms with E-state index in [9.17, 15) is 18.0 Å². The van der Waals surface area contributed by atoms with Gasteiger partial charge in [-0.2, -0.15) is 0 Å². The van der Waals surface area contributed by atoms with Gasteiger partial charge in [0.1, 0.15) is 19.3 Å². The predicted molar refractivity (Wildman–Crippen MR) is 163 cm³/mol. The predicted octanol–water partition coefficient (Wildman–Crippen LogP) is 4.43. The molecule has 0 fully saturated rings. The van der Waals surface area contributed by atoms with Gasteiger partial charge in [-0.3, -0.25) is 13.9 Å². The Balaban J connectivity index is 1.56. The number of carbonyl (C=O) groups is 2. The first-order valence-electron chi connectivity index (χ1n) is 13.9. The minimum absolute atomic E-state index is 0.0296. The minimum Gasteiger partial charge on any atom is -0.486 e. The lowest BCUT2D eigenvalue weighted by Crippen LogP contribution is -2.50. The van der Waals surface area contributed by atoms with E-state index in [-0.39, 0.29) is 37.7 Å². The van der Waals surface area contributed by atoms with Crippen molar-refractivity contribution in [1.82, 2.24) is 10.2 Å². The van der Waals surface area contributed by atoms with Crippen molar-refractivity contribution in [3.63, 3.8) is 0 Å². The molecule has 1 aliphatic rings. The first-order chi connectivity index (χ1) is 20.2. The van der Waals surface area contributed by atoms with Crippen LogP contribution in [-0.2, 0) is 32.6 Å². The summed E-state index contributed by atoms with van der Waals surface area (Å²) in [6, 6.07) is 20.9. The van der Waals surface area contributed by atoms with Crippen molar-refractivity contribution in [1.29, 1.82) is 0 Å². The lowest BCUT2D eigenvalue weighted by molar-refractivity contribution is -0.141. The molecule has 3 aromatic rings. The van der Waals surface area contributed by atoms with Gasteiger partial charge in [-0.15, -0.1) is 0 Å². The second-order valence-corrected chi connectivity index (χ2v) is 12.4. The van der Waals surface area contributed by atoms with Crippen LogP contribution in [0.5, 0.6) is 11.5 Å². The van der Waals surface area contributed by atoms with Crippen LogP contribution >= 0.6 is 11.6 Å². The summed E-state index contributed by atoms with van der Waals surface area (Å²) in [5.74, 6) is 0.505. The molecule has 0 saturated carbocycles. The van der Waals surface area contributed by atoms with Gasteiger partial charge < -0.3 is 19.7 Å². The standard InChI is InChI=1S/C31H36ClN3O6S/c1-3-33-31(37)27(20-23-9-5-4-6-10-23)34(22-24-11-7-12-25(32)19-24)30(36)13-8-16-35(42(2,38)39)26-14-15-28-29(21-26)41-18-17-40-28/h4-7,9-12,14-15,19,21,27H,3,8,13,16-18,20,22H2,1-2H3,(H,33,37). The fourth-order valence-corrected chi connectivity index (χ4v) is 6.04. The summed E-state index contributed by atoms with van der Waals surface area (Å²) in [5, 5.41) is 3.40. The van der Waals surface area contributed by atoms with Crippen LogP contribution in [0, 0.1) is 0 Å². The van der Waals surface area contributed by atoms with Crippen LogP contribution in [0.15, 0.2) is 72.8 Å². The monoisotopic (exact) mass is 613 g/mol. The van der Waals surface area contributed by atoms with E-state index in [1.807, 2.05) is 43.3 Å². The van der Waals surface area contributed by atoms with Crippen LogP contribution in [0.25, 0.3) is 0 Å². The molecule has 1 atom stereocenters. The Bertz CT molecular complexity index is 1480. The van der Waals surface area contributed by atoms with E-state index in [4.69, 9.17) is 21.1 Å². The highest BCUT2D eigenvalue weighted by atomic mass is 35.5. The highest BCUT2D eigenvalue weighted by Crippen LogP contribution is 2.35. The Morgan fingerprint density at radius 1 is 0.952 bits per heavy atom. The molecule has 0 spiro atoms. The van der Waals surface area contributed by atoms with Crippen molar-refractivity contribution in [2.24, 2.45) is 0 Å². The molecule has 1 N–H and O–H groups in total. The number of carbonyl (C=O) groups excluding carboxylic acids is 2. The Morgan fingerprint density at radius 2 is 1.67 bits per heavy atom. The summed E-state index contributed by atoms with van der Waals surface area (Å²) in [7, 11) is -3.66. The number of nitrogens with zero attached hydrogens (tertiary/aromatic N) is 2. The molecule has 0 radical (unpaired) electrons. The smallest absolute Gasteiger partial charge is 0.243 e. The fraction of sp³-hybridized carbons (Fsp3) is 0.355. The maximum Gasteiger partial charge on any atom is 0.243 e. The second-order valence-electron chi connectivity index (χ2n) is 10.0. The number of amides is 2. The fourth-order valence-electron chi connectivity index (χ4n) is 4.87. The van der Waals surface area contributed by atoms with Gasteiger partial charge in [-0.05, 0) is 48.7 Å². The molecule has 2 amide bonds. The van der Waals surface area contributed by atoms with Crippen LogP contribution < -0.4 is 19.1 Å². The molecule has 0 saturated heterocycles. The van der Waals surface area contributed by atoms with E-state index in [1.165, 1.54) is 4.31 Å². The largest absolute Gasteiger partial charge is 0.486 e. The number of fused-ring (bicyclic) bond motifs is 1. The number of rotatable bonds is 13. The van der Waals surface area contributed by atoms with Crippen molar-refractivity contribution in [2.75, 3.05) is 36.9 Å². The number of hydrogen-bond donors (Lipinski definition) is 1. The van der Waals surface area contributed by atoms with Crippen LogP contribution in [0.1, 0.15) is 30.9 Å². The van der Waals surface area contributed by atoms with E-state index < -0.39 is 16.1 Å². The molecule has 0 aliphatic carbocycles. The molecule has 0 bridgehead atoms. The number of hydrogen-bond acceptors (Lipinski definition) is 6. The first kappa shape index (κ1) is 31.2. The summed E-state index contributed by atoms with van der Waals surface area (Å²) in [6.07, 6.45) is 1.72. The third kappa shape index (κ3) is 8.39. The Hall–Kier alpha value is -3.76. The van der Waals surface area contributed by atoms with Crippen LogP contribution in [0.3, 0.4) is 0 Å². The zero-order valence-electron chi connectivity index (χ0n) is 23.8. The number of likely N-dealkylation sites (N-methyl/N-ethyl adjacent to an activating group) is 1. The number of anilines is 1. The van der Waals surface area contributed by atoms with Gasteiger partial charge in [0, 0.05) is 43.6 Å². The molecule has 1 unspecified atom stereocenters. The minimum atomic E-state index is -3.66. The van der Waals surface area contributed by atoms with Gasteiger partial charge in [0.15, 0.2) is 11.5 Å². The average molecular weight is 614 g/mol. The van der Waals surface area contributed by atoms with E-state index in [0.29, 0.717) is 48.4 Å². The molecular formula is C31H36ClN3O6S. The highest BCUT2D eigenvalue weighted by molar-refractivity contribution is 7.92. The summed E-state index contributed by atoms with van der Waals surface area (Å²) < 4.78 is 37.9. The van der Waals surface area contributed by atoms with Gasteiger partial charge in [0.2, 0.25) is 21.8 Å². The SMILES string of the molecule is CCNC(=O)C(Cc1ccccc1)N(Cc1cccc(Cl)c1)C(=O)CCCN(c1ccc2c(c1)OCCO2)S(C)(=O)=O. The summed E-state index contributed by atoms with van der Waals surface area (Å²) in [5.41, 5.74) is 2.13. The van der Waals surface area contributed by atoms with Crippen molar-refractivity contribution >= 4 is 39.1 Å². The van der Waals surface area contributed by atoms with Crippen molar-refractivity contribution in [3.05, 3.63) is 88.9 Å². The van der Waals surface area contributed by atoms with Crippen LogP contribution in [0.4, 0.5) is 5.69 Å². The third-order valence-corrected chi connectivity index (χ3v) is 8.26. The number of ether oxygens (including phenoxy) is 2. The summed E-state index contributed by atoms with van der Waals surface area (Å²) in [4.78, 5) is 28.7. The van der Waals surface area contributed by atoms with Gasteiger partial charge in [0.25, 0.3) is 0 Å². The van der Waals surface area contributed by atoms with Gasteiger partial charge in [0.05, 0.1) is 11.9 Å². The molecular weight excluding hydrogens is 578 g/mol. The van der Waals surface area contributed by atoms with Crippen molar-refractivity contribution in [3.8, 4) is 11.5 Å². The molecule has 3 aromatic carbocycles. The normalized spacial score (nSPS) is 13.2. The average Bonchev–Trinajstić information content (AvgIpc) is 2.97. The third-order valence-electron chi connectivity index (χ3n) is 6.83. The number of benzene rings is 3. The van der Waals surface area contributed by atoms with E-state index in [0.717, 1.165) is 17.4 Å². The lowest BCUT2D eigenvalue weighted by Gasteiger charge is -2.32. The molecule has 1 heterocycles. The van der Waals surface area contributed by atoms with Gasteiger partial charge >= 0.3 is 0 Å². The maximum absolute atomic E-state index is 13.8. The van der Waals surface area contributed by atoms with E-state index >= 15 is 0 Å². The highest BCUT2D eigenvalue weighted by Gasteiger charge is 2.30. The Labute approximate surface area is 252 Å².